The molecule has 1 N–H and O–H groups in total. The molecule has 0 unspecified atom stereocenters. The molecule has 148 valence electrons. The van der Waals surface area contributed by atoms with Gasteiger partial charge >= 0.3 is 5.97 Å². The van der Waals surface area contributed by atoms with Crippen molar-refractivity contribution in [2.45, 2.75) is 4.90 Å². The van der Waals surface area contributed by atoms with Crippen LogP contribution in [0, 0.1) is 0 Å². The summed E-state index contributed by atoms with van der Waals surface area (Å²) < 4.78 is 6.08. The Kier molecular flexibility index (Phi) is 7.81. The van der Waals surface area contributed by atoms with Crippen molar-refractivity contribution in [2.24, 2.45) is 0 Å². The van der Waals surface area contributed by atoms with E-state index in [4.69, 9.17) is 21.4 Å². The van der Waals surface area contributed by atoms with Gasteiger partial charge in [0.15, 0.2) is 6.61 Å². The number of halogens is 2. The van der Waals surface area contributed by atoms with Crippen LogP contribution in [-0.4, -0.2) is 23.4 Å². The fraction of sp³-hybridized carbons (Fsp3) is 0.0870. The predicted octanol–water partition coefficient (Wildman–Crippen LogP) is 6.79. The van der Waals surface area contributed by atoms with Crippen LogP contribution in [0.4, 0.5) is 0 Å². The molecule has 0 bridgehead atoms. The molecule has 6 heteroatoms. The molecule has 3 aromatic carbocycles. The molecule has 0 spiro atoms. The minimum Gasteiger partial charge on any atom is -0.482 e. The summed E-state index contributed by atoms with van der Waals surface area (Å²) in [6.07, 6.45) is 2.20. The third kappa shape index (κ3) is 6.39. The molecule has 0 saturated heterocycles. The molecule has 0 aliphatic carbocycles. The zero-order valence-corrected chi connectivity index (χ0v) is 18.5. The quantitative estimate of drug-likeness (QED) is 0.354. The molecule has 0 atom stereocenters. The van der Waals surface area contributed by atoms with Crippen molar-refractivity contribution in [3.05, 3.63) is 99.5 Å². The number of rotatable bonds is 8. The normalized spacial score (nSPS) is 11.3. The summed E-state index contributed by atoms with van der Waals surface area (Å²) in [6.45, 7) is -0.358. The van der Waals surface area contributed by atoms with E-state index in [0.29, 0.717) is 10.8 Å². The first kappa shape index (κ1) is 21.5. The van der Waals surface area contributed by atoms with E-state index in [1.807, 2.05) is 48.5 Å². The van der Waals surface area contributed by atoms with Crippen molar-refractivity contribution in [3.63, 3.8) is 0 Å². The van der Waals surface area contributed by atoms with Crippen LogP contribution in [0.1, 0.15) is 11.1 Å². The summed E-state index contributed by atoms with van der Waals surface area (Å²) in [5.74, 6) is 0.284. The van der Waals surface area contributed by atoms with E-state index in [9.17, 15) is 4.79 Å². The molecule has 0 aliphatic rings. The molecule has 29 heavy (non-hydrogen) atoms. The largest absolute Gasteiger partial charge is 0.482 e. The summed E-state index contributed by atoms with van der Waals surface area (Å²) in [6, 6.07) is 23.6. The number of hydrogen-bond acceptors (Lipinski definition) is 3. The third-order valence-corrected chi connectivity index (χ3v) is 6.20. The summed E-state index contributed by atoms with van der Waals surface area (Å²) in [5.41, 5.74) is 3.40. The Hall–Kier alpha value is -2.21. The predicted molar refractivity (Wildman–Crippen MR) is 123 cm³/mol. The molecular formula is C23H18BrClO3S. The van der Waals surface area contributed by atoms with Crippen molar-refractivity contribution in [2.75, 3.05) is 12.4 Å². The Labute approximate surface area is 187 Å². The van der Waals surface area contributed by atoms with Gasteiger partial charge in [0, 0.05) is 20.1 Å². The Morgan fingerprint density at radius 1 is 1.03 bits per heavy atom. The average molecular weight is 490 g/mol. The van der Waals surface area contributed by atoms with Crippen LogP contribution in [-0.2, 0) is 4.79 Å². The van der Waals surface area contributed by atoms with Crippen LogP contribution in [0.3, 0.4) is 0 Å². The first-order valence-electron chi connectivity index (χ1n) is 8.81. The molecule has 0 radical (unpaired) electrons. The smallest absolute Gasteiger partial charge is 0.341 e. The highest BCUT2D eigenvalue weighted by molar-refractivity contribution is 9.10. The lowest BCUT2D eigenvalue weighted by atomic mass is 9.98. The molecule has 0 amide bonds. The van der Waals surface area contributed by atoms with Crippen molar-refractivity contribution >= 4 is 50.8 Å². The van der Waals surface area contributed by atoms with Crippen LogP contribution in [0.5, 0.6) is 5.75 Å². The van der Waals surface area contributed by atoms with Crippen LogP contribution in [0.15, 0.2) is 88.2 Å². The number of thioether (sulfide) groups is 1. The number of carboxylic acids is 1. The van der Waals surface area contributed by atoms with E-state index in [2.05, 4.69) is 34.1 Å². The first-order chi connectivity index (χ1) is 14.0. The fourth-order valence-corrected chi connectivity index (χ4v) is 4.32. The highest BCUT2D eigenvalue weighted by atomic mass is 79.9. The lowest BCUT2D eigenvalue weighted by molar-refractivity contribution is -0.139. The van der Waals surface area contributed by atoms with Crippen molar-refractivity contribution in [1.29, 1.82) is 0 Å². The van der Waals surface area contributed by atoms with Gasteiger partial charge in [-0.2, -0.15) is 0 Å². The zero-order valence-electron chi connectivity index (χ0n) is 15.3. The molecule has 3 aromatic rings. The van der Waals surface area contributed by atoms with Gasteiger partial charge in [0.25, 0.3) is 0 Å². The zero-order chi connectivity index (χ0) is 20.6. The SMILES string of the molecule is O=C(O)COc1ccc(SCC=C(c2ccccc2)c2ccc(Cl)cc2)c(Br)c1. The van der Waals surface area contributed by atoms with E-state index < -0.39 is 5.97 Å². The summed E-state index contributed by atoms with van der Waals surface area (Å²) >= 11 is 11.3. The number of hydrogen-bond donors (Lipinski definition) is 1. The van der Waals surface area contributed by atoms with E-state index in [0.717, 1.165) is 31.8 Å². The lowest BCUT2D eigenvalue weighted by Gasteiger charge is -2.10. The molecular weight excluding hydrogens is 472 g/mol. The van der Waals surface area contributed by atoms with Crippen molar-refractivity contribution < 1.29 is 14.6 Å². The number of benzene rings is 3. The summed E-state index contributed by atoms with van der Waals surface area (Å²) in [5, 5.41) is 9.43. The van der Waals surface area contributed by atoms with Gasteiger partial charge in [-0.15, -0.1) is 11.8 Å². The first-order valence-corrected chi connectivity index (χ1v) is 11.0. The van der Waals surface area contributed by atoms with Gasteiger partial charge in [-0.3, -0.25) is 0 Å². The maximum absolute atomic E-state index is 10.6. The van der Waals surface area contributed by atoms with Gasteiger partial charge in [0.05, 0.1) is 0 Å². The monoisotopic (exact) mass is 488 g/mol. The second-order valence-corrected chi connectivity index (χ2v) is 8.43. The van der Waals surface area contributed by atoms with Gasteiger partial charge in [0.1, 0.15) is 5.75 Å². The van der Waals surface area contributed by atoms with Gasteiger partial charge < -0.3 is 9.84 Å². The van der Waals surface area contributed by atoms with Crippen LogP contribution in [0.2, 0.25) is 5.02 Å². The number of carbonyl (C=O) groups is 1. The lowest BCUT2D eigenvalue weighted by Crippen LogP contribution is -2.09. The topological polar surface area (TPSA) is 46.5 Å². The molecule has 0 saturated carbocycles. The van der Waals surface area contributed by atoms with Gasteiger partial charge in [-0.1, -0.05) is 60.1 Å². The summed E-state index contributed by atoms with van der Waals surface area (Å²) in [4.78, 5) is 11.7. The van der Waals surface area contributed by atoms with E-state index >= 15 is 0 Å². The maximum atomic E-state index is 10.6. The van der Waals surface area contributed by atoms with Gasteiger partial charge in [0.2, 0.25) is 0 Å². The molecule has 0 fully saturated rings. The van der Waals surface area contributed by atoms with E-state index in [1.54, 1.807) is 23.9 Å². The van der Waals surface area contributed by atoms with Gasteiger partial charge in [-0.05, 0) is 63.0 Å². The van der Waals surface area contributed by atoms with Crippen LogP contribution >= 0.6 is 39.3 Å². The average Bonchev–Trinajstić information content (AvgIpc) is 2.72. The standard InChI is InChI=1S/C23H18BrClO3S/c24-21-14-19(28-15-23(26)27)10-11-22(21)29-13-12-20(16-4-2-1-3-5-16)17-6-8-18(25)9-7-17/h1-12,14H,13,15H2,(H,26,27). The Morgan fingerprint density at radius 2 is 1.72 bits per heavy atom. The molecule has 0 heterocycles. The minimum atomic E-state index is -1.000. The Morgan fingerprint density at radius 3 is 2.38 bits per heavy atom. The number of carboxylic acid groups (broad SMARTS) is 1. The van der Waals surface area contributed by atoms with Gasteiger partial charge in [-0.25, -0.2) is 4.79 Å². The van der Waals surface area contributed by atoms with Crippen LogP contribution in [0.25, 0.3) is 5.57 Å². The molecule has 3 nitrogen and oxygen atoms in total. The third-order valence-electron chi connectivity index (χ3n) is 4.03. The number of ether oxygens (including phenoxy) is 1. The number of aliphatic carboxylic acids is 1. The van der Waals surface area contributed by atoms with E-state index in [-0.39, 0.29) is 6.61 Å². The highest BCUT2D eigenvalue weighted by Crippen LogP contribution is 2.32. The fourth-order valence-electron chi connectivity index (χ4n) is 2.70. The molecule has 0 aromatic heterocycles. The maximum Gasteiger partial charge on any atom is 0.341 e. The molecule has 0 aliphatic heterocycles. The van der Waals surface area contributed by atoms with Crippen molar-refractivity contribution in [1.82, 2.24) is 0 Å². The Bertz CT molecular complexity index is 1000. The second-order valence-electron chi connectivity index (χ2n) is 6.08. The molecule has 3 rings (SSSR count). The highest BCUT2D eigenvalue weighted by Gasteiger charge is 2.07. The van der Waals surface area contributed by atoms with E-state index in [1.165, 1.54) is 0 Å². The van der Waals surface area contributed by atoms with Crippen molar-refractivity contribution in [3.8, 4) is 5.75 Å². The summed E-state index contributed by atoms with van der Waals surface area (Å²) in [7, 11) is 0. The van der Waals surface area contributed by atoms with Crippen LogP contribution < -0.4 is 4.74 Å². The second kappa shape index (κ2) is 10.5. The Balaban J connectivity index is 1.76. The minimum absolute atomic E-state index is 0.358.